The first-order valence-corrected chi connectivity index (χ1v) is 9.73. The number of urea groups is 1. The van der Waals surface area contributed by atoms with Crippen molar-refractivity contribution < 1.29 is 23.9 Å². The van der Waals surface area contributed by atoms with Gasteiger partial charge in [0, 0.05) is 18.3 Å². The number of hydrogen-bond donors (Lipinski definition) is 2. The van der Waals surface area contributed by atoms with E-state index in [9.17, 15) is 19.2 Å². The van der Waals surface area contributed by atoms with Gasteiger partial charge in [-0.25, -0.2) is 4.79 Å². The average Bonchev–Trinajstić information content (AvgIpc) is 2.93. The Hall–Kier alpha value is -2.90. The molecule has 0 saturated heterocycles. The van der Waals surface area contributed by atoms with E-state index in [4.69, 9.17) is 4.74 Å². The highest BCUT2D eigenvalue weighted by Crippen LogP contribution is 2.32. The Kier molecular flexibility index (Phi) is 6.28. The Morgan fingerprint density at radius 2 is 1.82 bits per heavy atom. The van der Waals surface area contributed by atoms with E-state index in [-0.39, 0.29) is 36.8 Å². The van der Waals surface area contributed by atoms with Gasteiger partial charge in [-0.1, -0.05) is 19.3 Å². The third kappa shape index (κ3) is 4.32. The molecule has 1 aromatic carbocycles. The number of imide groups is 1. The van der Waals surface area contributed by atoms with Crippen molar-refractivity contribution >= 4 is 29.5 Å². The maximum Gasteiger partial charge on any atom is 0.319 e. The van der Waals surface area contributed by atoms with Crippen LogP contribution in [0.3, 0.4) is 0 Å². The van der Waals surface area contributed by atoms with Crippen molar-refractivity contribution in [3.8, 4) is 0 Å². The normalized spacial score (nSPS) is 16.7. The summed E-state index contributed by atoms with van der Waals surface area (Å²) in [6.45, 7) is 2.15. The highest BCUT2D eigenvalue weighted by Gasteiger charge is 2.40. The highest BCUT2D eigenvalue weighted by atomic mass is 16.5. The van der Waals surface area contributed by atoms with Crippen molar-refractivity contribution in [3.63, 3.8) is 0 Å². The minimum Gasteiger partial charge on any atom is -0.466 e. The number of anilines is 1. The number of benzene rings is 1. The molecule has 3 rings (SSSR count). The van der Waals surface area contributed by atoms with Crippen LogP contribution in [0.4, 0.5) is 10.5 Å². The summed E-state index contributed by atoms with van der Waals surface area (Å²) in [4.78, 5) is 50.1. The summed E-state index contributed by atoms with van der Waals surface area (Å²) in [6.07, 6.45) is 4.96. The molecule has 1 saturated carbocycles. The molecule has 8 nitrogen and oxygen atoms in total. The molecule has 0 radical (unpaired) electrons. The van der Waals surface area contributed by atoms with E-state index in [0.717, 1.165) is 32.1 Å². The zero-order chi connectivity index (χ0) is 20.1. The third-order valence-corrected chi connectivity index (χ3v) is 5.04. The quantitative estimate of drug-likeness (QED) is 0.577. The summed E-state index contributed by atoms with van der Waals surface area (Å²) in [7, 11) is 0. The van der Waals surface area contributed by atoms with Crippen molar-refractivity contribution in [3.05, 3.63) is 29.3 Å². The highest BCUT2D eigenvalue weighted by molar-refractivity contribution is 6.22. The molecule has 0 aromatic heterocycles. The molecule has 1 heterocycles. The van der Waals surface area contributed by atoms with Gasteiger partial charge < -0.3 is 15.4 Å². The Balaban J connectivity index is 1.61. The van der Waals surface area contributed by atoms with Gasteiger partial charge in [0.05, 0.1) is 24.2 Å². The van der Waals surface area contributed by atoms with Gasteiger partial charge in [0.1, 0.15) is 0 Å². The first-order chi connectivity index (χ1) is 13.5. The van der Waals surface area contributed by atoms with E-state index < -0.39 is 6.03 Å². The second kappa shape index (κ2) is 8.86. The van der Waals surface area contributed by atoms with Gasteiger partial charge in [-0.05, 0) is 38.0 Å². The van der Waals surface area contributed by atoms with Crippen LogP contribution < -0.4 is 10.6 Å². The van der Waals surface area contributed by atoms with Crippen LogP contribution >= 0.6 is 0 Å². The van der Waals surface area contributed by atoms with E-state index in [1.165, 1.54) is 11.0 Å². The van der Waals surface area contributed by atoms with Crippen LogP contribution in [0.15, 0.2) is 18.2 Å². The smallest absolute Gasteiger partial charge is 0.319 e. The number of carbonyl (C=O) groups is 4. The van der Waals surface area contributed by atoms with Gasteiger partial charge >= 0.3 is 12.0 Å². The number of hydrogen-bond acceptors (Lipinski definition) is 5. The summed E-state index contributed by atoms with van der Waals surface area (Å²) in [6, 6.07) is 4.17. The zero-order valence-corrected chi connectivity index (χ0v) is 16.0. The maximum absolute atomic E-state index is 12.8. The second-order valence-electron chi connectivity index (χ2n) is 6.97. The molecular weight excluding hydrogens is 362 g/mol. The minimum absolute atomic E-state index is 0.0382. The SMILES string of the molecule is CCOC(=O)CCNC(=O)Nc1ccc2c(c1)C(=O)N(C1CCCCC1)C2=O. The Bertz CT molecular complexity index is 786. The van der Waals surface area contributed by atoms with Crippen LogP contribution in [-0.4, -0.2) is 47.9 Å². The molecule has 1 aliphatic heterocycles. The average molecular weight is 387 g/mol. The summed E-state index contributed by atoms with van der Waals surface area (Å²) >= 11 is 0. The fourth-order valence-corrected chi connectivity index (χ4v) is 3.69. The monoisotopic (exact) mass is 387 g/mol. The number of nitrogens with one attached hydrogen (secondary N) is 2. The number of nitrogens with zero attached hydrogens (tertiary/aromatic N) is 1. The Morgan fingerprint density at radius 3 is 2.54 bits per heavy atom. The molecule has 8 heteroatoms. The van der Waals surface area contributed by atoms with Crippen molar-refractivity contribution in [2.24, 2.45) is 0 Å². The van der Waals surface area contributed by atoms with Crippen LogP contribution in [0.25, 0.3) is 0 Å². The summed E-state index contributed by atoms with van der Waals surface area (Å²) in [5.41, 5.74) is 1.11. The van der Waals surface area contributed by atoms with Crippen LogP contribution in [0.2, 0.25) is 0 Å². The summed E-state index contributed by atoms with van der Waals surface area (Å²) in [5, 5.41) is 5.18. The lowest BCUT2D eigenvalue weighted by molar-refractivity contribution is -0.142. The van der Waals surface area contributed by atoms with Gasteiger partial charge in [0.15, 0.2) is 0 Å². The summed E-state index contributed by atoms with van der Waals surface area (Å²) in [5.74, 6) is -0.928. The molecular formula is C20H25N3O5. The standard InChI is InChI=1S/C20H25N3O5/c1-2-28-17(24)10-11-21-20(27)22-13-8-9-15-16(12-13)19(26)23(18(15)25)14-6-4-3-5-7-14/h8-9,12,14H,2-7,10-11H2,1H3,(H2,21,22,27). The molecule has 1 fully saturated rings. The number of carbonyl (C=O) groups excluding carboxylic acids is 4. The Labute approximate surface area is 163 Å². The lowest BCUT2D eigenvalue weighted by atomic mass is 9.94. The van der Waals surface area contributed by atoms with Gasteiger partial charge in [-0.3, -0.25) is 19.3 Å². The van der Waals surface area contributed by atoms with Crippen molar-refractivity contribution in [2.75, 3.05) is 18.5 Å². The second-order valence-corrected chi connectivity index (χ2v) is 6.97. The van der Waals surface area contributed by atoms with Crippen LogP contribution in [0, 0.1) is 0 Å². The Morgan fingerprint density at radius 1 is 1.11 bits per heavy atom. The minimum atomic E-state index is -0.495. The van der Waals surface area contributed by atoms with Crippen molar-refractivity contribution in [2.45, 2.75) is 51.5 Å². The predicted molar refractivity (Wildman–Crippen MR) is 102 cm³/mol. The lowest BCUT2D eigenvalue weighted by Crippen LogP contribution is -2.40. The molecule has 0 atom stereocenters. The van der Waals surface area contributed by atoms with E-state index >= 15 is 0 Å². The molecule has 0 unspecified atom stereocenters. The zero-order valence-electron chi connectivity index (χ0n) is 16.0. The predicted octanol–water partition coefficient (Wildman–Crippen LogP) is 2.69. The summed E-state index contributed by atoms with van der Waals surface area (Å²) < 4.78 is 4.79. The fourth-order valence-electron chi connectivity index (χ4n) is 3.69. The molecule has 0 bridgehead atoms. The number of fused-ring (bicyclic) bond motifs is 1. The van der Waals surface area contributed by atoms with Gasteiger partial charge in [-0.15, -0.1) is 0 Å². The van der Waals surface area contributed by atoms with Crippen molar-refractivity contribution in [1.82, 2.24) is 10.2 Å². The maximum atomic E-state index is 12.8. The largest absolute Gasteiger partial charge is 0.466 e. The van der Waals surface area contributed by atoms with Crippen LogP contribution in [0.1, 0.15) is 66.2 Å². The van der Waals surface area contributed by atoms with Crippen LogP contribution in [-0.2, 0) is 9.53 Å². The van der Waals surface area contributed by atoms with E-state index in [0.29, 0.717) is 23.4 Å². The third-order valence-electron chi connectivity index (χ3n) is 5.04. The van der Waals surface area contributed by atoms with Gasteiger partial charge in [0.25, 0.3) is 11.8 Å². The number of rotatable bonds is 6. The van der Waals surface area contributed by atoms with E-state index in [2.05, 4.69) is 10.6 Å². The first kappa shape index (κ1) is 19.9. The first-order valence-electron chi connectivity index (χ1n) is 9.73. The van der Waals surface area contributed by atoms with Crippen LogP contribution in [0.5, 0.6) is 0 Å². The fraction of sp³-hybridized carbons (Fsp3) is 0.500. The molecule has 2 aliphatic rings. The van der Waals surface area contributed by atoms with Crippen molar-refractivity contribution in [1.29, 1.82) is 0 Å². The molecule has 1 aliphatic carbocycles. The van der Waals surface area contributed by atoms with Gasteiger partial charge in [-0.2, -0.15) is 0 Å². The molecule has 1 aromatic rings. The molecule has 28 heavy (non-hydrogen) atoms. The molecule has 4 amide bonds. The number of ether oxygens (including phenoxy) is 1. The van der Waals surface area contributed by atoms with Gasteiger partial charge in [0.2, 0.25) is 0 Å². The molecule has 2 N–H and O–H groups in total. The molecule has 150 valence electrons. The molecule has 0 spiro atoms. The number of amides is 4. The number of esters is 1. The van der Waals surface area contributed by atoms with E-state index in [1.807, 2.05) is 0 Å². The topological polar surface area (TPSA) is 105 Å². The lowest BCUT2D eigenvalue weighted by Gasteiger charge is -2.29. The van der Waals surface area contributed by atoms with E-state index in [1.54, 1.807) is 19.1 Å².